The molecule has 1 aromatic rings. The molecular weight excluding hydrogens is 294 g/mol. The summed E-state index contributed by atoms with van der Waals surface area (Å²) in [4.78, 5) is 20.4. The lowest BCUT2D eigenvalue weighted by Crippen LogP contribution is -2.43. The van der Waals surface area contributed by atoms with Crippen LogP contribution in [0.2, 0.25) is 0 Å². The number of amides is 1. The van der Waals surface area contributed by atoms with Gasteiger partial charge in [0, 0.05) is 26.8 Å². The van der Waals surface area contributed by atoms with E-state index < -0.39 is 0 Å². The van der Waals surface area contributed by atoms with Gasteiger partial charge in [-0.3, -0.25) is 4.79 Å². The minimum atomic E-state index is -0.0781. The van der Waals surface area contributed by atoms with Gasteiger partial charge in [0.15, 0.2) is 0 Å². The van der Waals surface area contributed by atoms with Crippen molar-refractivity contribution in [1.29, 1.82) is 0 Å². The molecule has 0 saturated carbocycles. The van der Waals surface area contributed by atoms with Crippen LogP contribution in [-0.4, -0.2) is 42.5 Å². The van der Waals surface area contributed by atoms with Crippen molar-refractivity contribution in [2.75, 3.05) is 25.5 Å². The van der Waals surface area contributed by atoms with Crippen LogP contribution in [0.15, 0.2) is 16.7 Å². The molecule has 1 saturated heterocycles. The van der Waals surface area contributed by atoms with E-state index >= 15 is 0 Å². The Hall–Kier alpha value is -1.10. The average Bonchev–Trinajstić information content (AvgIpc) is 2.80. The van der Waals surface area contributed by atoms with Crippen LogP contribution in [0.3, 0.4) is 0 Å². The first-order chi connectivity index (χ1) is 8.52. The molecule has 1 fully saturated rings. The summed E-state index contributed by atoms with van der Waals surface area (Å²) >= 11 is 3.57. The summed E-state index contributed by atoms with van der Waals surface area (Å²) in [5.41, 5.74) is 1.14. The maximum atomic E-state index is 12.2. The van der Waals surface area contributed by atoms with E-state index in [1.165, 1.54) is 0 Å². The molecule has 18 heavy (non-hydrogen) atoms. The van der Waals surface area contributed by atoms with Gasteiger partial charge in [-0.25, -0.2) is 4.98 Å². The van der Waals surface area contributed by atoms with Crippen molar-refractivity contribution in [3.8, 4) is 0 Å². The molecule has 1 amide bonds. The van der Waals surface area contributed by atoms with Gasteiger partial charge in [0.05, 0.1) is 4.47 Å². The number of hydrogen-bond donors (Lipinski definition) is 0. The molecule has 0 aromatic carbocycles. The molecule has 0 N–H and O–H groups in total. The number of likely N-dealkylation sites (N-methyl/N-ethyl adjacent to an activating group) is 1. The van der Waals surface area contributed by atoms with Gasteiger partial charge >= 0.3 is 0 Å². The monoisotopic (exact) mass is 311 g/mol. The minimum Gasteiger partial charge on any atom is -0.347 e. The van der Waals surface area contributed by atoms with Crippen LogP contribution in [0.4, 0.5) is 5.82 Å². The molecule has 1 aliphatic heterocycles. The first-order valence-corrected chi connectivity index (χ1v) is 6.90. The Morgan fingerprint density at radius 3 is 2.94 bits per heavy atom. The number of nitrogens with zero attached hydrogens (tertiary/aromatic N) is 3. The van der Waals surface area contributed by atoms with Crippen LogP contribution in [0, 0.1) is 6.92 Å². The molecule has 0 radical (unpaired) electrons. The van der Waals surface area contributed by atoms with Gasteiger partial charge in [-0.2, -0.15) is 0 Å². The minimum absolute atomic E-state index is 0.0781. The zero-order valence-electron chi connectivity index (χ0n) is 11.0. The van der Waals surface area contributed by atoms with Gasteiger partial charge in [-0.1, -0.05) is 0 Å². The Kier molecular flexibility index (Phi) is 3.90. The molecule has 5 heteroatoms. The number of aromatic nitrogens is 1. The predicted molar refractivity (Wildman–Crippen MR) is 75.7 cm³/mol. The summed E-state index contributed by atoms with van der Waals surface area (Å²) < 4.78 is 0.989. The van der Waals surface area contributed by atoms with Crippen molar-refractivity contribution < 1.29 is 4.79 Å². The van der Waals surface area contributed by atoms with Crippen molar-refractivity contribution in [2.24, 2.45) is 0 Å². The maximum Gasteiger partial charge on any atom is 0.244 e. The van der Waals surface area contributed by atoms with E-state index in [0.29, 0.717) is 0 Å². The van der Waals surface area contributed by atoms with E-state index in [2.05, 4.69) is 25.8 Å². The molecule has 0 spiro atoms. The lowest BCUT2D eigenvalue weighted by Gasteiger charge is -2.28. The molecule has 0 aliphatic carbocycles. The average molecular weight is 312 g/mol. The zero-order chi connectivity index (χ0) is 13.3. The summed E-state index contributed by atoms with van der Waals surface area (Å²) in [6, 6.07) is 1.89. The summed E-state index contributed by atoms with van der Waals surface area (Å²) in [5, 5.41) is 0. The standard InChI is InChI=1S/C13H18BrN3O/c1-9-6-7-15-12(11(9)14)17-8-4-5-10(17)13(18)16(2)3/h6-7,10H,4-5,8H2,1-3H3. The molecule has 1 atom stereocenters. The van der Waals surface area contributed by atoms with Crippen molar-refractivity contribution in [3.63, 3.8) is 0 Å². The number of hydrogen-bond acceptors (Lipinski definition) is 3. The van der Waals surface area contributed by atoms with Crippen LogP contribution in [-0.2, 0) is 4.79 Å². The third kappa shape index (κ3) is 2.36. The number of aryl methyl sites for hydroxylation is 1. The third-order valence-corrected chi connectivity index (χ3v) is 4.29. The molecule has 0 bridgehead atoms. The fourth-order valence-corrected chi connectivity index (χ4v) is 2.76. The molecule has 2 heterocycles. The SMILES string of the molecule is Cc1ccnc(N2CCCC2C(=O)N(C)C)c1Br. The highest BCUT2D eigenvalue weighted by atomic mass is 79.9. The first-order valence-electron chi connectivity index (χ1n) is 6.11. The molecule has 2 rings (SSSR count). The van der Waals surface area contributed by atoms with Crippen LogP contribution in [0.5, 0.6) is 0 Å². The zero-order valence-corrected chi connectivity index (χ0v) is 12.6. The van der Waals surface area contributed by atoms with Crippen molar-refractivity contribution in [3.05, 3.63) is 22.3 Å². The highest BCUT2D eigenvalue weighted by Gasteiger charge is 2.33. The van der Waals surface area contributed by atoms with Gasteiger partial charge in [0.1, 0.15) is 11.9 Å². The first kappa shape index (κ1) is 13.3. The fourth-order valence-electron chi connectivity index (χ4n) is 2.30. The van der Waals surface area contributed by atoms with Crippen LogP contribution in [0.25, 0.3) is 0 Å². The van der Waals surface area contributed by atoms with Gasteiger partial charge in [-0.05, 0) is 47.3 Å². The fraction of sp³-hybridized carbons (Fsp3) is 0.538. The Balaban J connectivity index is 2.32. The second-order valence-electron chi connectivity index (χ2n) is 4.85. The Morgan fingerprint density at radius 1 is 1.56 bits per heavy atom. The highest BCUT2D eigenvalue weighted by molar-refractivity contribution is 9.10. The number of pyridine rings is 1. The van der Waals surface area contributed by atoms with E-state index in [1.54, 1.807) is 25.2 Å². The van der Waals surface area contributed by atoms with Gasteiger partial charge in [0.2, 0.25) is 5.91 Å². The second-order valence-corrected chi connectivity index (χ2v) is 5.64. The van der Waals surface area contributed by atoms with E-state index in [0.717, 1.165) is 35.2 Å². The number of halogens is 1. The third-order valence-electron chi connectivity index (χ3n) is 3.31. The summed E-state index contributed by atoms with van der Waals surface area (Å²) in [7, 11) is 3.61. The molecule has 4 nitrogen and oxygen atoms in total. The van der Waals surface area contributed by atoms with E-state index in [1.807, 2.05) is 13.0 Å². The Labute approximate surface area is 116 Å². The van der Waals surface area contributed by atoms with Gasteiger partial charge in [0.25, 0.3) is 0 Å². The van der Waals surface area contributed by atoms with Crippen LogP contribution >= 0.6 is 15.9 Å². The van der Waals surface area contributed by atoms with Crippen LogP contribution < -0.4 is 4.90 Å². The predicted octanol–water partition coefficient (Wildman–Crippen LogP) is 2.21. The summed E-state index contributed by atoms with van der Waals surface area (Å²) in [6.45, 7) is 2.92. The maximum absolute atomic E-state index is 12.2. The molecule has 1 aliphatic rings. The normalized spacial score (nSPS) is 19.1. The molecule has 98 valence electrons. The smallest absolute Gasteiger partial charge is 0.244 e. The van der Waals surface area contributed by atoms with E-state index in [4.69, 9.17) is 0 Å². The van der Waals surface area contributed by atoms with E-state index in [9.17, 15) is 4.79 Å². The van der Waals surface area contributed by atoms with Gasteiger partial charge < -0.3 is 9.80 Å². The number of carbonyl (C=O) groups is 1. The molecule has 1 unspecified atom stereocenters. The number of carbonyl (C=O) groups excluding carboxylic acids is 1. The largest absolute Gasteiger partial charge is 0.347 e. The Morgan fingerprint density at radius 2 is 2.28 bits per heavy atom. The molecular formula is C13H18BrN3O. The van der Waals surface area contributed by atoms with Gasteiger partial charge in [-0.15, -0.1) is 0 Å². The summed E-state index contributed by atoms with van der Waals surface area (Å²) in [6.07, 6.45) is 3.73. The number of rotatable bonds is 2. The molecule has 1 aromatic heterocycles. The number of anilines is 1. The lowest BCUT2D eigenvalue weighted by molar-refractivity contribution is -0.129. The second kappa shape index (κ2) is 5.26. The lowest BCUT2D eigenvalue weighted by atomic mass is 10.2. The topological polar surface area (TPSA) is 36.4 Å². The Bertz CT molecular complexity index is 462. The van der Waals surface area contributed by atoms with Crippen molar-refractivity contribution in [2.45, 2.75) is 25.8 Å². The van der Waals surface area contributed by atoms with E-state index in [-0.39, 0.29) is 11.9 Å². The summed E-state index contributed by atoms with van der Waals surface area (Å²) in [5.74, 6) is 1.04. The van der Waals surface area contributed by atoms with Crippen molar-refractivity contribution in [1.82, 2.24) is 9.88 Å². The highest BCUT2D eigenvalue weighted by Crippen LogP contribution is 2.32. The van der Waals surface area contributed by atoms with Crippen LogP contribution in [0.1, 0.15) is 18.4 Å². The van der Waals surface area contributed by atoms with Crippen molar-refractivity contribution >= 4 is 27.7 Å². The quantitative estimate of drug-likeness (QED) is 0.840.